The minimum Gasteiger partial charge on any atom is -0.550 e. The van der Waals surface area contributed by atoms with Gasteiger partial charge in [-0.25, -0.2) is 0 Å². The summed E-state index contributed by atoms with van der Waals surface area (Å²) in [5.74, 6) is -1.95. The van der Waals surface area contributed by atoms with E-state index in [-0.39, 0.29) is 59.7 Å². The Balaban J connectivity index is 0.00000512. The van der Waals surface area contributed by atoms with Crippen LogP contribution >= 0.6 is 0 Å². The van der Waals surface area contributed by atoms with Gasteiger partial charge in [0, 0.05) is 24.2 Å². The maximum absolute atomic E-state index is 12.5. The van der Waals surface area contributed by atoms with Crippen molar-refractivity contribution in [3.8, 4) is 0 Å². The van der Waals surface area contributed by atoms with Crippen LogP contribution in [-0.2, 0) is 19.1 Å². The molecule has 9 heteroatoms. The molecule has 3 N–H and O–H groups in total. The topological polar surface area (TPSA) is 136 Å². The third-order valence-electron chi connectivity index (χ3n) is 6.76. The molecule has 32 heavy (non-hydrogen) atoms. The van der Waals surface area contributed by atoms with Crippen molar-refractivity contribution >= 4 is 11.9 Å². The fourth-order valence-corrected chi connectivity index (χ4v) is 4.65. The Kier molecular flexibility index (Phi) is 11.6. The summed E-state index contributed by atoms with van der Waals surface area (Å²) in [6.45, 7) is 7.79. The van der Waals surface area contributed by atoms with Gasteiger partial charge in [-0.15, -0.1) is 0 Å². The number of fused-ring (bicyclic) bond motifs is 1. The van der Waals surface area contributed by atoms with E-state index in [4.69, 9.17) is 9.47 Å². The average molecular weight is 463 g/mol. The summed E-state index contributed by atoms with van der Waals surface area (Å²) in [5, 5.41) is 40.6. The fourth-order valence-electron chi connectivity index (χ4n) is 4.65. The summed E-state index contributed by atoms with van der Waals surface area (Å²) in [6.07, 6.45) is 2.40. The molecule has 2 aliphatic rings. The van der Waals surface area contributed by atoms with Gasteiger partial charge in [0.15, 0.2) is 12.6 Å². The normalized spacial score (nSPS) is 32.0. The van der Waals surface area contributed by atoms with Gasteiger partial charge >= 0.3 is 35.5 Å². The Bertz CT molecular complexity index is 708. The van der Waals surface area contributed by atoms with E-state index in [1.165, 1.54) is 0 Å². The number of aliphatic hydroxyl groups is 3. The Morgan fingerprint density at radius 1 is 1.31 bits per heavy atom. The molecule has 2 rings (SSSR count). The summed E-state index contributed by atoms with van der Waals surface area (Å²) in [4.78, 5) is 23.1. The number of carbonyl (C=O) groups is 2. The monoisotopic (exact) mass is 462 g/mol. The molecular formula is C23H35NaO8. The Morgan fingerprint density at radius 3 is 2.56 bits per heavy atom. The number of carboxylic acids is 1. The number of hydrogen-bond acceptors (Lipinski definition) is 8. The van der Waals surface area contributed by atoms with Gasteiger partial charge in [0.25, 0.3) is 0 Å². The predicted molar refractivity (Wildman–Crippen MR) is 110 cm³/mol. The molecule has 0 aromatic rings. The number of allylic oxidation sites excluding steroid dienone is 2. The maximum Gasteiger partial charge on any atom is 1.00 e. The van der Waals surface area contributed by atoms with E-state index < -0.39 is 42.6 Å². The van der Waals surface area contributed by atoms with E-state index in [0.717, 1.165) is 5.57 Å². The summed E-state index contributed by atoms with van der Waals surface area (Å²) in [7, 11) is 0. The molecule has 176 valence electrons. The van der Waals surface area contributed by atoms with Crippen molar-refractivity contribution in [3.05, 3.63) is 23.8 Å². The molecule has 0 saturated carbocycles. The second kappa shape index (κ2) is 12.6. The molecule has 0 radical (unpaired) electrons. The largest absolute Gasteiger partial charge is 1.00 e. The molecular weight excluding hydrogens is 427 g/mol. The van der Waals surface area contributed by atoms with Crippen LogP contribution in [0.5, 0.6) is 0 Å². The summed E-state index contributed by atoms with van der Waals surface area (Å²) < 4.78 is 10.8. The molecule has 0 aromatic heterocycles. The minimum absolute atomic E-state index is 0. The Morgan fingerprint density at radius 2 is 1.97 bits per heavy atom. The first-order chi connectivity index (χ1) is 14.5. The van der Waals surface area contributed by atoms with Crippen LogP contribution in [0.2, 0.25) is 0 Å². The van der Waals surface area contributed by atoms with Gasteiger partial charge in [-0.05, 0) is 36.7 Å². The minimum atomic E-state index is -1.65. The second-order valence-corrected chi connectivity index (χ2v) is 8.97. The summed E-state index contributed by atoms with van der Waals surface area (Å²) in [5.41, 5.74) is 0.323. The number of hydrogen-bond donors (Lipinski definition) is 3. The molecule has 0 aromatic carbocycles. The zero-order chi connectivity index (χ0) is 23.3. The second-order valence-electron chi connectivity index (χ2n) is 8.97. The van der Waals surface area contributed by atoms with Crippen LogP contribution < -0.4 is 34.7 Å². The van der Waals surface area contributed by atoms with E-state index >= 15 is 0 Å². The van der Waals surface area contributed by atoms with Crippen LogP contribution in [0.4, 0.5) is 0 Å². The van der Waals surface area contributed by atoms with E-state index in [1.54, 1.807) is 6.08 Å². The third-order valence-corrected chi connectivity index (χ3v) is 6.76. The van der Waals surface area contributed by atoms with Crippen molar-refractivity contribution in [1.29, 1.82) is 0 Å². The predicted octanol–water partition coefficient (Wildman–Crippen LogP) is -1.96. The summed E-state index contributed by atoms with van der Waals surface area (Å²) in [6, 6.07) is 0. The van der Waals surface area contributed by atoms with Gasteiger partial charge in [0.2, 0.25) is 0 Å². The average Bonchev–Trinajstić information content (AvgIpc) is 2.67. The molecule has 0 fully saturated rings. The first-order valence-corrected chi connectivity index (χ1v) is 11.0. The Labute approximate surface area is 212 Å². The van der Waals surface area contributed by atoms with Crippen molar-refractivity contribution in [2.24, 2.45) is 23.2 Å². The SMILES string of the molecule is CCC(C)C(=O)OC1CC(O)C=C2C=CC(C)C(CCC(O)OC(O)CC(=O)[O-])C21C.[Na+]. The molecule has 0 bridgehead atoms. The number of carboxylic acid groups (broad SMARTS) is 1. The van der Waals surface area contributed by atoms with Gasteiger partial charge < -0.3 is 34.7 Å². The van der Waals surface area contributed by atoms with Crippen molar-refractivity contribution in [2.45, 2.75) is 84.6 Å². The Hall–Kier alpha value is -0.740. The van der Waals surface area contributed by atoms with E-state index in [2.05, 4.69) is 0 Å². The van der Waals surface area contributed by atoms with Crippen LogP contribution in [0.15, 0.2) is 23.8 Å². The first kappa shape index (κ1) is 29.3. The van der Waals surface area contributed by atoms with Crippen LogP contribution in [0.25, 0.3) is 0 Å². The number of carbonyl (C=O) groups excluding carboxylic acids is 2. The van der Waals surface area contributed by atoms with Crippen LogP contribution in [0, 0.1) is 23.2 Å². The van der Waals surface area contributed by atoms with Crippen molar-refractivity contribution in [2.75, 3.05) is 0 Å². The molecule has 0 amide bonds. The third kappa shape index (κ3) is 7.13. The number of ether oxygens (including phenoxy) is 2. The molecule has 2 aliphatic carbocycles. The van der Waals surface area contributed by atoms with Gasteiger partial charge in [-0.3, -0.25) is 4.79 Å². The number of esters is 1. The molecule has 0 heterocycles. The van der Waals surface area contributed by atoms with Crippen LogP contribution in [0.3, 0.4) is 0 Å². The van der Waals surface area contributed by atoms with Crippen molar-refractivity contribution in [1.82, 2.24) is 0 Å². The van der Waals surface area contributed by atoms with Gasteiger partial charge in [0.1, 0.15) is 6.10 Å². The van der Waals surface area contributed by atoms with Crippen LogP contribution in [-0.4, -0.2) is 52.0 Å². The van der Waals surface area contributed by atoms with Gasteiger partial charge in [-0.2, -0.15) is 0 Å². The van der Waals surface area contributed by atoms with E-state index in [1.807, 2.05) is 39.8 Å². The number of aliphatic hydroxyl groups excluding tert-OH is 3. The quantitative estimate of drug-likeness (QED) is 0.193. The van der Waals surface area contributed by atoms with Crippen molar-refractivity contribution < 1.29 is 69.0 Å². The summed E-state index contributed by atoms with van der Waals surface area (Å²) >= 11 is 0. The molecule has 0 saturated heterocycles. The smallest absolute Gasteiger partial charge is 0.550 e. The van der Waals surface area contributed by atoms with E-state index in [0.29, 0.717) is 19.3 Å². The van der Waals surface area contributed by atoms with Crippen LogP contribution in [0.1, 0.15) is 59.8 Å². The zero-order valence-corrected chi connectivity index (χ0v) is 21.7. The zero-order valence-electron chi connectivity index (χ0n) is 19.7. The number of rotatable bonds is 10. The van der Waals surface area contributed by atoms with Crippen molar-refractivity contribution in [3.63, 3.8) is 0 Å². The van der Waals surface area contributed by atoms with Gasteiger partial charge in [-0.1, -0.05) is 45.9 Å². The maximum atomic E-state index is 12.5. The van der Waals surface area contributed by atoms with Gasteiger partial charge in [0.05, 0.1) is 12.0 Å². The molecule has 8 atom stereocenters. The first-order valence-electron chi connectivity index (χ1n) is 11.0. The molecule has 0 spiro atoms. The van der Waals surface area contributed by atoms with E-state index in [9.17, 15) is 30.0 Å². The molecule has 8 unspecified atom stereocenters. The standard InChI is InChI=1S/C23H36O8.Na/c1-5-13(2)22(29)30-18-11-16(24)10-15-7-6-14(3)17(23(15,18)4)8-9-20(27)31-21(28)12-19(25)26;/h6-7,10,13-14,16-18,20-21,24,27-28H,5,8-9,11-12H2,1-4H3,(H,25,26);/q;+1/p-1. The molecule has 0 aliphatic heterocycles. The fraction of sp³-hybridized carbons (Fsp3) is 0.739. The molecule has 8 nitrogen and oxygen atoms in total. The number of aliphatic carboxylic acids is 1.